The number of rotatable bonds is 9. The van der Waals surface area contributed by atoms with Gasteiger partial charge in [-0.05, 0) is 20.9 Å². The first-order valence-corrected chi connectivity index (χ1v) is 6.24. The Balaban J connectivity index is 3.99. The van der Waals surface area contributed by atoms with E-state index in [1.54, 1.807) is 7.05 Å². The van der Waals surface area contributed by atoms with Crippen LogP contribution in [0.4, 0.5) is 0 Å². The highest BCUT2D eigenvalue weighted by atomic mass is 16.6. The lowest BCUT2D eigenvalue weighted by Gasteiger charge is -2.22. The van der Waals surface area contributed by atoms with E-state index in [4.69, 9.17) is 19.8 Å². The number of ether oxygens (including phenoxy) is 2. The normalized spacial score (nSPS) is 11.6. The Morgan fingerprint density at radius 2 is 1.67 bits per heavy atom. The molecular formula is C12H22N2O7. The molecule has 0 aromatic heterocycles. The number of aliphatic carboxylic acids is 1. The fourth-order valence-electron chi connectivity index (χ4n) is 1.21. The average molecular weight is 306 g/mol. The van der Waals surface area contributed by atoms with Crippen molar-refractivity contribution in [2.45, 2.75) is 19.4 Å². The molecule has 0 aromatic rings. The van der Waals surface area contributed by atoms with Crippen LogP contribution in [0.3, 0.4) is 0 Å². The quantitative estimate of drug-likeness (QED) is 0.416. The number of esters is 2. The minimum atomic E-state index is -1.59. The van der Waals surface area contributed by atoms with Crippen molar-refractivity contribution in [2.24, 2.45) is 0 Å². The summed E-state index contributed by atoms with van der Waals surface area (Å²) in [6, 6.07) is 0. The number of nitrogens with zero attached hydrogens (tertiary/aromatic N) is 2. The van der Waals surface area contributed by atoms with Crippen LogP contribution in [0, 0.1) is 0 Å². The number of likely N-dealkylation sites (N-methyl/N-ethyl adjacent to an activating group) is 2. The Hall–Kier alpha value is -1.71. The fourth-order valence-corrected chi connectivity index (χ4v) is 1.21. The van der Waals surface area contributed by atoms with Gasteiger partial charge in [0.15, 0.2) is 0 Å². The maximum atomic E-state index is 11.5. The molecule has 0 radical (unpaired) electrons. The van der Waals surface area contributed by atoms with Crippen LogP contribution in [-0.4, -0.2) is 84.1 Å². The predicted octanol–water partition coefficient (Wildman–Crippen LogP) is -0.811. The monoisotopic (exact) mass is 306 g/mol. The molecule has 0 heterocycles. The zero-order valence-corrected chi connectivity index (χ0v) is 12.7. The molecule has 2 N–H and O–H groups in total. The largest absolute Gasteiger partial charge is 0.478 e. The minimum Gasteiger partial charge on any atom is -0.478 e. The average Bonchev–Trinajstić information content (AvgIpc) is 2.26. The first-order valence-electron chi connectivity index (χ1n) is 6.24. The van der Waals surface area contributed by atoms with Crippen molar-refractivity contribution < 1.29 is 34.2 Å². The second kappa shape index (κ2) is 8.55. The van der Waals surface area contributed by atoms with Crippen molar-refractivity contribution >= 4 is 17.9 Å². The molecule has 0 aliphatic heterocycles. The summed E-state index contributed by atoms with van der Waals surface area (Å²) in [4.78, 5) is 35.0. The standard InChI is InChI=1S/C12H22N2O7/c1-12(2,11(17)18)21-10(16)7-13(3)5-6-20-9(15)8-14(4)19/h19H,5-8H2,1-4H3,(H,17,18). The maximum absolute atomic E-state index is 11.5. The Morgan fingerprint density at radius 1 is 1.10 bits per heavy atom. The Kier molecular flexibility index (Phi) is 7.85. The molecule has 9 nitrogen and oxygen atoms in total. The van der Waals surface area contributed by atoms with E-state index in [-0.39, 0.29) is 26.2 Å². The molecule has 0 atom stereocenters. The minimum absolute atomic E-state index is 0.0405. The van der Waals surface area contributed by atoms with E-state index in [9.17, 15) is 14.4 Å². The van der Waals surface area contributed by atoms with E-state index in [1.807, 2.05) is 0 Å². The summed E-state index contributed by atoms with van der Waals surface area (Å²) < 4.78 is 9.64. The van der Waals surface area contributed by atoms with Gasteiger partial charge in [0, 0.05) is 13.6 Å². The van der Waals surface area contributed by atoms with Gasteiger partial charge in [0.1, 0.15) is 13.2 Å². The van der Waals surface area contributed by atoms with Gasteiger partial charge in [0.05, 0.1) is 6.54 Å². The number of hydrogen-bond donors (Lipinski definition) is 2. The summed E-state index contributed by atoms with van der Waals surface area (Å²) in [6.07, 6.45) is 0. The number of hydrogen-bond acceptors (Lipinski definition) is 8. The van der Waals surface area contributed by atoms with Crippen molar-refractivity contribution in [3.8, 4) is 0 Å². The van der Waals surface area contributed by atoms with Crippen molar-refractivity contribution in [3.05, 3.63) is 0 Å². The summed E-state index contributed by atoms with van der Waals surface area (Å²) in [6.45, 7) is 2.48. The van der Waals surface area contributed by atoms with Crippen LogP contribution >= 0.6 is 0 Å². The molecule has 0 aliphatic carbocycles. The van der Waals surface area contributed by atoms with Crippen LogP contribution in [0.5, 0.6) is 0 Å². The van der Waals surface area contributed by atoms with Gasteiger partial charge >= 0.3 is 17.9 Å². The summed E-state index contributed by atoms with van der Waals surface area (Å²) in [5.41, 5.74) is -1.59. The molecule has 0 fully saturated rings. The number of carboxylic acid groups (broad SMARTS) is 1. The van der Waals surface area contributed by atoms with Gasteiger partial charge in [-0.15, -0.1) is 0 Å². The van der Waals surface area contributed by atoms with Gasteiger partial charge in [0.25, 0.3) is 0 Å². The smallest absolute Gasteiger partial charge is 0.347 e. The molecule has 122 valence electrons. The number of carbonyl (C=O) groups excluding carboxylic acids is 2. The molecular weight excluding hydrogens is 284 g/mol. The van der Waals surface area contributed by atoms with Gasteiger partial charge in [-0.3, -0.25) is 14.5 Å². The number of hydroxylamine groups is 2. The molecule has 21 heavy (non-hydrogen) atoms. The van der Waals surface area contributed by atoms with Crippen molar-refractivity contribution in [1.82, 2.24) is 9.96 Å². The third-order valence-electron chi connectivity index (χ3n) is 2.38. The topological polar surface area (TPSA) is 117 Å². The van der Waals surface area contributed by atoms with Crippen molar-refractivity contribution in [1.29, 1.82) is 0 Å². The van der Waals surface area contributed by atoms with E-state index in [0.29, 0.717) is 5.06 Å². The summed E-state index contributed by atoms with van der Waals surface area (Å²) in [5.74, 6) is -2.52. The Bertz CT molecular complexity index is 382. The van der Waals surface area contributed by atoms with Crippen LogP contribution in [0.1, 0.15) is 13.8 Å². The third kappa shape index (κ3) is 8.95. The Morgan fingerprint density at radius 3 is 2.14 bits per heavy atom. The molecule has 0 saturated heterocycles. The second-order valence-corrected chi connectivity index (χ2v) is 5.06. The van der Waals surface area contributed by atoms with Gasteiger partial charge < -0.3 is 19.8 Å². The molecule has 0 bridgehead atoms. The van der Waals surface area contributed by atoms with E-state index >= 15 is 0 Å². The Labute approximate surface area is 123 Å². The van der Waals surface area contributed by atoms with Crippen molar-refractivity contribution in [2.75, 3.05) is 40.3 Å². The molecule has 0 spiro atoms. The fraction of sp³-hybridized carbons (Fsp3) is 0.750. The first-order chi connectivity index (χ1) is 9.54. The predicted molar refractivity (Wildman–Crippen MR) is 70.7 cm³/mol. The van der Waals surface area contributed by atoms with Crippen LogP contribution in [-0.2, 0) is 23.9 Å². The van der Waals surface area contributed by atoms with E-state index < -0.39 is 23.5 Å². The highest BCUT2D eigenvalue weighted by Crippen LogP contribution is 2.09. The highest BCUT2D eigenvalue weighted by Gasteiger charge is 2.31. The van der Waals surface area contributed by atoms with Gasteiger partial charge in [-0.1, -0.05) is 0 Å². The van der Waals surface area contributed by atoms with Crippen molar-refractivity contribution in [3.63, 3.8) is 0 Å². The van der Waals surface area contributed by atoms with Gasteiger partial charge in [0.2, 0.25) is 5.60 Å². The lowest BCUT2D eigenvalue weighted by Crippen LogP contribution is -2.40. The SMILES string of the molecule is CN(O)CC(=O)OCCN(C)CC(=O)OC(C)(C)C(=O)O. The maximum Gasteiger partial charge on any atom is 0.347 e. The van der Waals surface area contributed by atoms with Crippen LogP contribution in [0.25, 0.3) is 0 Å². The van der Waals surface area contributed by atoms with Gasteiger partial charge in [-0.25, -0.2) is 4.79 Å². The lowest BCUT2D eigenvalue weighted by atomic mass is 10.1. The zero-order chi connectivity index (χ0) is 16.6. The van der Waals surface area contributed by atoms with Crippen LogP contribution in [0.2, 0.25) is 0 Å². The summed E-state index contributed by atoms with van der Waals surface area (Å²) in [5, 5.41) is 18.3. The molecule has 0 unspecified atom stereocenters. The molecule has 9 heteroatoms. The molecule has 0 aromatic carbocycles. The number of carbonyl (C=O) groups is 3. The van der Waals surface area contributed by atoms with Crippen LogP contribution < -0.4 is 0 Å². The second-order valence-electron chi connectivity index (χ2n) is 5.06. The third-order valence-corrected chi connectivity index (χ3v) is 2.38. The summed E-state index contributed by atoms with van der Waals surface area (Å²) in [7, 11) is 2.91. The molecule has 0 amide bonds. The summed E-state index contributed by atoms with van der Waals surface area (Å²) >= 11 is 0. The number of carboxylic acids is 1. The molecule has 0 saturated carbocycles. The lowest BCUT2D eigenvalue weighted by molar-refractivity contribution is -0.175. The van der Waals surface area contributed by atoms with Crippen LogP contribution in [0.15, 0.2) is 0 Å². The molecule has 0 aliphatic rings. The van der Waals surface area contributed by atoms with E-state index in [1.165, 1.54) is 25.8 Å². The highest BCUT2D eigenvalue weighted by molar-refractivity contribution is 5.81. The van der Waals surface area contributed by atoms with E-state index in [0.717, 1.165) is 0 Å². The first kappa shape index (κ1) is 19.3. The van der Waals surface area contributed by atoms with Gasteiger partial charge in [-0.2, -0.15) is 5.06 Å². The molecule has 0 rings (SSSR count). The van der Waals surface area contributed by atoms with E-state index in [2.05, 4.69) is 0 Å². The zero-order valence-electron chi connectivity index (χ0n) is 12.7.